The standard InChI is InChI=1S/C20H26BN2O8/c24-17(7-11-8-22-5-6-29-11)23-9-12(10-23)30-16-4-2-14-13-1-3-15(13)21(27,28)31-19(14)18(16)20(25)26/h2,4,11-13,15,22,27-28H,1,3,5-10H2,(H,25,26)/q-1/t11-,13+,15+/m0/s1. The van der Waals surface area contributed by atoms with E-state index in [9.17, 15) is 24.7 Å². The maximum absolute atomic E-state index is 12.4. The molecule has 1 aromatic rings. The lowest BCUT2D eigenvalue weighted by Gasteiger charge is -2.54. The minimum atomic E-state index is -3.11. The number of nitrogens with one attached hydrogen (secondary N) is 1. The van der Waals surface area contributed by atoms with Crippen LogP contribution in [-0.4, -0.2) is 83.7 Å². The van der Waals surface area contributed by atoms with Crippen LogP contribution in [0.15, 0.2) is 12.1 Å². The lowest BCUT2D eigenvalue weighted by Crippen LogP contribution is -2.57. The zero-order valence-electron chi connectivity index (χ0n) is 17.0. The van der Waals surface area contributed by atoms with Crippen molar-refractivity contribution in [1.29, 1.82) is 0 Å². The number of carboxylic acid groups (broad SMARTS) is 1. The molecule has 10 nitrogen and oxygen atoms in total. The van der Waals surface area contributed by atoms with E-state index in [4.69, 9.17) is 14.1 Å². The van der Waals surface area contributed by atoms with Crippen molar-refractivity contribution in [2.75, 3.05) is 32.8 Å². The van der Waals surface area contributed by atoms with Gasteiger partial charge in [0.1, 0.15) is 17.4 Å². The van der Waals surface area contributed by atoms with Crippen LogP contribution in [-0.2, 0) is 9.53 Å². The number of fused-ring (bicyclic) bond motifs is 3. The lowest BCUT2D eigenvalue weighted by atomic mass is 9.46. The van der Waals surface area contributed by atoms with Gasteiger partial charge in [-0.2, -0.15) is 0 Å². The van der Waals surface area contributed by atoms with Crippen LogP contribution in [0.5, 0.6) is 11.5 Å². The summed E-state index contributed by atoms with van der Waals surface area (Å²) < 4.78 is 16.8. The zero-order chi connectivity index (χ0) is 21.8. The molecule has 4 N–H and O–H groups in total. The molecule has 3 aliphatic heterocycles. The largest absolute Gasteiger partial charge is 0.669 e. The maximum Gasteiger partial charge on any atom is 0.434 e. The number of amides is 1. The van der Waals surface area contributed by atoms with Crippen molar-refractivity contribution in [3.63, 3.8) is 0 Å². The molecule has 0 radical (unpaired) electrons. The first kappa shape index (κ1) is 20.6. The van der Waals surface area contributed by atoms with E-state index in [1.54, 1.807) is 17.0 Å². The molecule has 1 saturated carbocycles. The molecule has 3 atom stereocenters. The topological polar surface area (TPSA) is 138 Å². The lowest BCUT2D eigenvalue weighted by molar-refractivity contribution is -0.143. The molecular formula is C20H26BN2O8-. The van der Waals surface area contributed by atoms with Gasteiger partial charge in [-0.15, -0.1) is 0 Å². The molecule has 0 spiro atoms. The van der Waals surface area contributed by atoms with E-state index in [0.29, 0.717) is 44.6 Å². The molecule has 0 unspecified atom stereocenters. The Hall–Kier alpha value is -2.34. The van der Waals surface area contributed by atoms with Gasteiger partial charge in [0.05, 0.1) is 38.0 Å². The third-order valence-corrected chi connectivity index (χ3v) is 6.84. The Bertz CT molecular complexity index is 897. The molecule has 3 heterocycles. The van der Waals surface area contributed by atoms with E-state index in [2.05, 4.69) is 5.32 Å². The minimum Gasteiger partial charge on any atom is -0.669 e. The number of hydrogen-bond donors (Lipinski definition) is 4. The number of ether oxygens (including phenoxy) is 2. The Kier molecular flexibility index (Phi) is 5.08. The average molecular weight is 433 g/mol. The molecule has 5 rings (SSSR count). The number of rotatable bonds is 5. The second kappa shape index (κ2) is 7.66. The Morgan fingerprint density at radius 2 is 2.06 bits per heavy atom. The van der Waals surface area contributed by atoms with E-state index in [0.717, 1.165) is 13.0 Å². The fourth-order valence-corrected chi connectivity index (χ4v) is 4.96. The van der Waals surface area contributed by atoms with Gasteiger partial charge >= 0.3 is 12.7 Å². The van der Waals surface area contributed by atoms with Crippen LogP contribution in [0.3, 0.4) is 0 Å². The van der Waals surface area contributed by atoms with E-state index < -0.39 is 18.5 Å². The Morgan fingerprint density at radius 1 is 1.26 bits per heavy atom. The molecule has 3 fully saturated rings. The van der Waals surface area contributed by atoms with Crippen molar-refractivity contribution in [1.82, 2.24) is 10.2 Å². The van der Waals surface area contributed by atoms with Gasteiger partial charge in [-0.25, -0.2) is 4.79 Å². The molecule has 4 aliphatic rings. The van der Waals surface area contributed by atoms with Crippen molar-refractivity contribution in [2.45, 2.75) is 43.2 Å². The van der Waals surface area contributed by atoms with Gasteiger partial charge < -0.3 is 39.5 Å². The second-order valence-electron chi connectivity index (χ2n) is 8.83. The average Bonchev–Trinajstić information content (AvgIpc) is 2.64. The number of likely N-dealkylation sites (tertiary alicyclic amines) is 1. The highest BCUT2D eigenvalue weighted by Crippen LogP contribution is 2.58. The third kappa shape index (κ3) is 3.65. The van der Waals surface area contributed by atoms with Gasteiger partial charge in [0, 0.05) is 13.1 Å². The first-order chi connectivity index (χ1) is 14.8. The molecule has 2 saturated heterocycles. The summed E-state index contributed by atoms with van der Waals surface area (Å²) in [6.45, 7) is -0.372. The number of benzene rings is 1. The highest BCUT2D eigenvalue weighted by Gasteiger charge is 2.50. The quantitative estimate of drug-likeness (QED) is 0.470. The number of carboxylic acids is 1. The molecule has 168 valence electrons. The second-order valence-corrected chi connectivity index (χ2v) is 8.83. The fraction of sp³-hybridized carbons (Fsp3) is 0.600. The van der Waals surface area contributed by atoms with Crippen LogP contribution >= 0.6 is 0 Å². The summed E-state index contributed by atoms with van der Waals surface area (Å²) in [5.41, 5.74) is 0.469. The molecule has 1 aromatic carbocycles. The summed E-state index contributed by atoms with van der Waals surface area (Å²) >= 11 is 0. The van der Waals surface area contributed by atoms with E-state index in [1.807, 2.05) is 0 Å². The fourth-order valence-electron chi connectivity index (χ4n) is 4.96. The summed E-state index contributed by atoms with van der Waals surface area (Å²) in [5, 5.41) is 33.5. The number of aromatic carboxylic acids is 1. The summed E-state index contributed by atoms with van der Waals surface area (Å²) in [5.74, 6) is -1.73. The number of nitrogens with zero attached hydrogens (tertiary/aromatic N) is 1. The van der Waals surface area contributed by atoms with Gasteiger partial charge in [0.2, 0.25) is 5.91 Å². The number of morpholine rings is 1. The monoisotopic (exact) mass is 433 g/mol. The zero-order valence-corrected chi connectivity index (χ0v) is 17.0. The van der Waals surface area contributed by atoms with Gasteiger partial charge in [0.15, 0.2) is 0 Å². The maximum atomic E-state index is 12.4. The number of carbonyl (C=O) groups is 2. The molecule has 1 amide bonds. The van der Waals surface area contributed by atoms with Crippen LogP contribution in [0.4, 0.5) is 0 Å². The van der Waals surface area contributed by atoms with Crippen LogP contribution < -0.4 is 14.7 Å². The van der Waals surface area contributed by atoms with E-state index in [-0.39, 0.29) is 41.1 Å². The number of hydrogen-bond acceptors (Lipinski definition) is 8. The normalized spacial score (nSPS) is 29.0. The first-order valence-corrected chi connectivity index (χ1v) is 10.8. The first-order valence-electron chi connectivity index (χ1n) is 10.8. The molecule has 0 aromatic heterocycles. The predicted molar refractivity (Wildman–Crippen MR) is 108 cm³/mol. The molecule has 11 heteroatoms. The van der Waals surface area contributed by atoms with E-state index >= 15 is 0 Å². The molecule has 0 bridgehead atoms. The van der Waals surface area contributed by atoms with Crippen LogP contribution in [0.25, 0.3) is 0 Å². The van der Waals surface area contributed by atoms with Crippen LogP contribution in [0.2, 0.25) is 5.82 Å². The predicted octanol–water partition coefficient (Wildman–Crippen LogP) is -0.0836. The SMILES string of the molecule is O=C(O)c1c(OC2CN(C(=O)C[C@H]3CNCCO3)C2)ccc2c1O[B-](O)(O)[C@@H]1CC[C@H]21. The van der Waals surface area contributed by atoms with E-state index in [1.165, 1.54) is 0 Å². The smallest absolute Gasteiger partial charge is 0.434 e. The number of carbonyl (C=O) groups excluding carboxylic acids is 1. The summed E-state index contributed by atoms with van der Waals surface area (Å²) in [4.78, 5) is 26.0. The molecular weight excluding hydrogens is 407 g/mol. The Labute approximate surface area is 179 Å². The van der Waals surface area contributed by atoms with Gasteiger partial charge in [0.25, 0.3) is 0 Å². The van der Waals surface area contributed by atoms with Gasteiger partial charge in [-0.1, -0.05) is 24.7 Å². The Balaban J connectivity index is 1.27. The summed E-state index contributed by atoms with van der Waals surface area (Å²) in [6.07, 6.45) is 1.21. The minimum absolute atomic E-state index is 0.0230. The van der Waals surface area contributed by atoms with Crippen molar-refractivity contribution in [3.8, 4) is 11.5 Å². The summed E-state index contributed by atoms with van der Waals surface area (Å²) in [7, 11) is 0. The highest BCUT2D eigenvalue weighted by molar-refractivity contribution is 6.61. The summed E-state index contributed by atoms with van der Waals surface area (Å²) in [6, 6.07) is 3.34. The molecule has 31 heavy (non-hydrogen) atoms. The van der Waals surface area contributed by atoms with Gasteiger partial charge in [-0.3, -0.25) is 4.79 Å². The van der Waals surface area contributed by atoms with Crippen molar-refractivity contribution >= 4 is 18.6 Å². The Morgan fingerprint density at radius 3 is 2.71 bits per heavy atom. The van der Waals surface area contributed by atoms with Crippen molar-refractivity contribution in [3.05, 3.63) is 23.3 Å². The van der Waals surface area contributed by atoms with Crippen molar-refractivity contribution in [2.24, 2.45) is 0 Å². The van der Waals surface area contributed by atoms with Crippen LogP contribution in [0, 0.1) is 0 Å². The van der Waals surface area contributed by atoms with Crippen LogP contribution in [0.1, 0.15) is 41.1 Å². The highest BCUT2D eigenvalue weighted by atomic mass is 16.6. The molecule has 1 aliphatic carbocycles. The van der Waals surface area contributed by atoms with Crippen molar-refractivity contribution < 1.29 is 38.9 Å². The third-order valence-electron chi connectivity index (χ3n) is 6.84. The van der Waals surface area contributed by atoms with Gasteiger partial charge in [-0.05, 0) is 17.5 Å².